The average Bonchev–Trinajstić information content (AvgIpc) is 2.76. The summed E-state index contributed by atoms with van der Waals surface area (Å²) in [6, 6.07) is 6.78. The molecular formula is C14H19N3S. The van der Waals surface area contributed by atoms with Gasteiger partial charge in [0.05, 0.1) is 6.54 Å². The molecule has 1 unspecified atom stereocenters. The van der Waals surface area contributed by atoms with Crippen LogP contribution in [0.15, 0.2) is 18.2 Å². The Labute approximate surface area is 112 Å². The molecule has 0 aliphatic rings. The Morgan fingerprint density at radius 1 is 1.22 bits per heavy atom. The number of aryl methyl sites for hydroxylation is 2. The molecule has 0 saturated heterocycles. The Bertz CT molecular complexity index is 534. The molecule has 0 amide bonds. The summed E-state index contributed by atoms with van der Waals surface area (Å²) in [6.45, 7) is 9.28. The minimum Gasteiger partial charge on any atom is -0.304 e. The number of nitrogens with zero attached hydrogens (tertiary/aromatic N) is 2. The highest BCUT2D eigenvalue weighted by atomic mass is 32.1. The van der Waals surface area contributed by atoms with Gasteiger partial charge in [-0.1, -0.05) is 18.2 Å². The van der Waals surface area contributed by atoms with Gasteiger partial charge >= 0.3 is 0 Å². The van der Waals surface area contributed by atoms with Crippen molar-refractivity contribution in [2.24, 2.45) is 0 Å². The summed E-state index contributed by atoms with van der Waals surface area (Å²) in [5.41, 5.74) is 4.06. The summed E-state index contributed by atoms with van der Waals surface area (Å²) in [4.78, 5) is 0. The Morgan fingerprint density at radius 2 is 2.00 bits per heavy atom. The highest BCUT2D eigenvalue weighted by Gasteiger charge is 2.10. The van der Waals surface area contributed by atoms with Crippen molar-refractivity contribution in [3.8, 4) is 0 Å². The highest BCUT2D eigenvalue weighted by molar-refractivity contribution is 7.11. The van der Waals surface area contributed by atoms with Crippen molar-refractivity contribution in [3.05, 3.63) is 44.9 Å². The van der Waals surface area contributed by atoms with E-state index in [1.165, 1.54) is 16.7 Å². The van der Waals surface area contributed by atoms with E-state index in [2.05, 4.69) is 54.5 Å². The zero-order valence-electron chi connectivity index (χ0n) is 11.3. The molecule has 1 aromatic heterocycles. The van der Waals surface area contributed by atoms with Crippen LogP contribution in [-0.4, -0.2) is 10.2 Å². The zero-order chi connectivity index (χ0) is 13.1. The van der Waals surface area contributed by atoms with Gasteiger partial charge in [-0.25, -0.2) is 0 Å². The minimum atomic E-state index is 0.328. The largest absolute Gasteiger partial charge is 0.304 e. The van der Waals surface area contributed by atoms with Crippen molar-refractivity contribution in [2.45, 2.75) is 40.3 Å². The molecular weight excluding hydrogens is 242 g/mol. The van der Waals surface area contributed by atoms with Crippen LogP contribution in [0.3, 0.4) is 0 Å². The van der Waals surface area contributed by atoms with Crippen molar-refractivity contribution in [3.63, 3.8) is 0 Å². The van der Waals surface area contributed by atoms with E-state index in [4.69, 9.17) is 0 Å². The highest BCUT2D eigenvalue weighted by Crippen LogP contribution is 2.20. The third kappa shape index (κ3) is 2.94. The summed E-state index contributed by atoms with van der Waals surface area (Å²) < 4.78 is 0. The normalized spacial score (nSPS) is 12.7. The van der Waals surface area contributed by atoms with Crippen LogP contribution < -0.4 is 5.32 Å². The van der Waals surface area contributed by atoms with Gasteiger partial charge in [0.25, 0.3) is 0 Å². The molecule has 1 aromatic carbocycles. The first-order valence-corrected chi connectivity index (χ1v) is 6.98. The second-order valence-corrected chi connectivity index (χ2v) is 5.87. The zero-order valence-corrected chi connectivity index (χ0v) is 12.1. The smallest absolute Gasteiger partial charge is 0.131 e. The van der Waals surface area contributed by atoms with E-state index < -0.39 is 0 Å². The summed E-state index contributed by atoms with van der Waals surface area (Å²) in [7, 11) is 0. The lowest BCUT2D eigenvalue weighted by atomic mass is 9.98. The first-order chi connectivity index (χ1) is 8.58. The SMILES string of the molecule is Cc1nnc(CNC(C)c2cccc(C)c2C)s1. The fourth-order valence-electron chi connectivity index (χ4n) is 2.00. The van der Waals surface area contributed by atoms with Gasteiger partial charge in [0.2, 0.25) is 0 Å². The summed E-state index contributed by atoms with van der Waals surface area (Å²) in [6.07, 6.45) is 0. The topological polar surface area (TPSA) is 37.8 Å². The van der Waals surface area contributed by atoms with Crippen LogP contribution in [0.4, 0.5) is 0 Å². The molecule has 1 N–H and O–H groups in total. The molecule has 96 valence electrons. The third-order valence-electron chi connectivity index (χ3n) is 3.24. The number of hydrogen-bond donors (Lipinski definition) is 1. The first-order valence-electron chi connectivity index (χ1n) is 6.16. The molecule has 2 rings (SSSR count). The molecule has 2 aromatic rings. The molecule has 1 atom stereocenters. The van der Waals surface area contributed by atoms with E-state index in [1.807, 2.05) is 6.92 Å². The molecule has 1 heterocycles. The van der Waals surface area contributed by atoms with Crippen molar-refractivity contribution < 1.29 is 0 Å². The lowest BCUT2D eigenvalue weighted by molar-refractivity contribution is 0.568. The van der Waals surface area contributed by atoms with Crippen LogP contribution in [0.1, 0.15) is 39.7 Å². The standard InChI is InChI=1S/C14H19N3S/c1-9-6-5-7-13(10(9)2)11(3)15-8-14-17-16-12(4)18-14/h5-7,11,15H,8H2,1-4H3. The molecule has 0 radical (unpaired) electrons. The van der Waals surface area contributed by atoms with E-state index in [9.17, 15) is 0 Å². The van der Waals surface area contributed by atoms with Crippen LogP contribution in [0.25, 0.3) is 0 Å². The maximum Gasteiger partial charge on any atom is 0.131 e. The van der Waals surface area contributed by atoms with Gasteiger partial charge in [0.15, 0.2) is 0 Å². The van der Waals surface area contributed by atoms with Crippen LogP contribution in [-0.2, 0) is 6.54 Å². The summed E-state index contributed by atoms with van der Waals surface area (Å²) in [5, 5.41) is 13.7. The molecule has 3 nitrogen and oxygen atoms in total. The van der Waals surface area contributed by atoms with Gasteiger partial charge in [0, 0.05) is 6.04 Å². The molecule has 0 fully saturated rings. The Balaban J connectivity index is 2.03. The van der Waals surface area contributed by atoms with E-state index in [1.54, 1.807) is 11.3 Å². The van der Waals surface area contributed by atoms with Crippen molar-refractivity contribution in [2.75, 3.05) is 0 Å². The number of nitrogens with one attached hydrogen (secondary N) is 1. The third-order valence-corrected chi connectivity index (χ3v) is 4.08. The van der Waals surface area contributed by atoms with Crippen molar-refractivity contribution in [1.82, 2.24) is 15.5 Å². The molecule has 0 aliphatic heterocycles. The number of rotatable bonds is 4. The first kappa shape index (κ1) is 13.2. The molecule has 4 heteroatoms. The predicted molar refractivity (Wildman–Crippen MR) is 75.8 cm³/mol. The second-order valence-electron chi connectivity index (χ2n) is 4.61. The van der Waals surface area contributed by atoms with Crippen LogP contribution in [0.2, 0.25) is 0 Å². The Morgan fingerprint density at radius 3 is 2.67 bits per heavy atom. The van der Waals surface area contributed by atoms with E-state index >= 15 is 0 Å². The quantitative estimate of drug-likeness (QED) is 0.917. The lowest BCUT2D eigenvalue weighted by Crippen LogP contribution is -2.19. The summed E-state index contributed by atoms with van der Waals surface area (Å²) >= 11 is 1.65. The number of benzene rings is 1. The van der Waals surface area contributed by atoms with Gasteiger partial charge in [0.1, 0.15) is 10.0 Å². The molecule has 0 spiro atoms. The van der Waals surface area contributed by atoms with Gasteiger partial charge in [-0.15, -0.1) is 21.5 Å². The van der Waals surface area contributed by atoms with E-state index in [0.717, 1.165) is 16.6 Å². The Hall–Kier alpha value is -1.26. The molecule has 0 aliphatic carbocycles. The van der Waals surface area contributed by atoms with Gasteiger partial charge < -0.3 is 5.32 Å². The fourth-order valence-corrected chi connectivity index (χ4v) is 2.66. The van der Waals surface area contributed by atoms with Gasteiger partial charge in [-0.05, 0) is 44.4 Å². The van der Waals surface area contributed by atoms with E-state index in [-0.39, 0.29) is 0 Å². The van der Waals surface area contributed by atoms with Crippen LogP contribution in [0, 0.1) is 20.8 Å². The van der Waals surface area contributed by atoms with Crippen LogP contribution >= 0.6 is 11.3 Å². The Kier molecular flexibility index (Phi) is 4.09. The minimum absolute atomic E-state index is 0.328. The molecule has 0 bridgehead atoms. The van der Waals surface area contributed by atoms with Crippen LogP contribution in [0.5, 0.6) is 0 Å². The molecule has 18 heavy (non-hydrogen) atoms. The average molecular weight is 261 g/mol. The number of aromatic nitrogens is 2. The van der Waals surface area contributed by atoms with Gasteiger partial charge in [-0.2, -0.15) is 0 Å². The maximum atomic E-state index is 4.13. The second kappa shape index (κ2) is 5.59. The van der Waals surface area contributed by atoms with E-state index in [0.29, 0.717) is 6.04 Å². The van der Waals surface area contributed by atoms with Crippen molar-refractivity contribution in [1.29, 1.82) is 0 Å². The lowest BCUT2D eigenvalue weighted by Gasteiger charge is -2.17. The van der Waals surface area contributed by atoms with Gasteiger partial charge in [-0.3, -0.25) is 0 Å². The van der Waals surface area contributed by atoms with Crippen molar-refractivity contribution >= 4 is 11.3 Å². The summed E-state index contributed by atoms with van der Waals surface area (Å²) in [5.74, 6) is 0. The fraction of sp³-hybridized carbons (Fsp3) is 0.429. The molecule has 0 saturated carbocycles. The monoisotopic (exact) mass is 261 g/mol. The predicted octanol–water partition coefficient (Wildman–Crippen LogP) is 3.31. The number of hydrogen-bond acceptors (Lipinski definition) is 4. The maximum absolute atomic E-state index is 4.13.